The summed E-state index contributed by atoms with van der Waals surface area (Å²) < 4.78 is 13.2. The summed E-state index contributed by atoms with van der Waals surface area (Å²) in [6.45, 7) is 1.72. The van der Waals surface area contributed by atoms with Gasteiger partial charge in [0.25, 0.3) is 0 Å². The second-order valence-electron chi connectivity index (χ2n) is 7.72. The number of nitrogens with zero attached hydrogens (tertiary/aromatic N) is 4. The minimum atomic E-state index is 0. The van der Waals surface area contributed by atoms with Gasteiger partial charge in [0.15, 0.2) is 11.5 Å². The number of nitrogens with one attached hydrogen (secondary N) is 1. The van der Waals surface area contributed by atoms with Gasteiger partial charge in [-0.3, -0.25) is 0 Å². The second kappa shape index (κ2) is 14.7. The van der Waals surface area contributed by atoms with Crippen LogP contribution >= 0.6 is 59.0 Å². The van der Waals surface area contributed by atoms with Crippen molar-refractivity contribution < 1.29 is 9.47 Å². The first-order valence-electron chi connectivity index (χ1n) is 11.2. The van der Waals surface area contributed by atoms with E-state index in [1.165, 1.54) is 0 Å². The van der Waals surface area contributed by atoms with Crippen LogP contribution in [0.15, 0.2) is 65.8 Å². The number of para-hydroxylation sites is 1. The van der Waals surface area contributed by atoms with Gasteiger partial charge in [0.2, 0.25) is 5.16 Å². The Kier molecular flexibility index (Phi) is 11.6. The van der Waals surface area contributed by atoms with Crippen LogP contribution in [-0.4, -0.2) is 39.6 Å². The van der Waals surface area contributed by atoms with Crippen molar-refractivity contribution in [3.8, 4) is 17.2 Å². The standard InChI is InChI=1S/C25H24Cl3N5O2S.ClH/c1-34-23-13-17(12-22(28)24(23)35-16-18-8-9-19(26)14-21(18)27)15-29-10-5-11-36-25-30-31-32-33(25)20-6-3-2-4-7-20;/h2-4,6-9,12-14,29H,5,10-11,15-16H2,1H3;1H. The molecule has 37 heavy (non-hydrogen) atoms. The molecule has 1 heterocycles. The summed E-state index contributed by atoms with van der Waals surface area (Å²) in [5.41, 5.74) is 2.74. The van der Waals surface area contributed by atoms with Gasteiger partial charge in [0.05, 0.1) is 17.8 Å². The van der Waals surface area contributed by atoms with E-state index in [-0.39, 0.29) is 19.0 Å². The van der Waals surface area contributed by atoms with Gasteiger partial charge in [-0.15, -0.1) is 17.5 Å². The highest BCUT2D eigenvalue weighted by molar-refractivity contribution is 7.99. The maximum absolute atomic E-state index is 6.52. The molecule has 7 nitrogen and oxygen atoms in total. The van der Waals surface area contributed by atoms with Crippen LogP contribution in [0.1, 0.15) is 17.5 Å². The quantitative estimate of drug-likeness (QED) is 0.140. The van der Waals surface area contributed by atoms with Gasteiger partial charge in [-0.25, -0.2) is 0 Å². The van der Waals surface area contributed by atoms with Gasteiger partial charge >= 0.3 is 0 Å². The summed E-state index contributed by atoms with van der Waals surface area (Å²) in [4.78, 5) is 0. The molecule has 0 amide bonds. The van der Waals surface area contributed by atoms with Gasteiger partial charge in [0.1, 0.15) is 6.61 Å². The van der Waals surface area contributed by atoms with Gasteiger partial charge in [-0.05, 0) is 65.4 Å². The maximum atomic E-state index is 6.52. The van der Waals surface area contributed by atoms with Crippen LogP contribution in [0.25, 0.3) is 5.69 Å². The fraction of sp³-hybridized carbons (Fsp3) is 0.240. The average molecular weight is 601 g/mol. The Balaban J connectivity index is 0.00000380. The van der Waals surface area contributed by atoms with Crippen molar-refractivity contribution in [2.45, 2.75) is 24.7 Å². The van der Waals surface area contributed by atoms with Crippen molar-refractivity contribution in [3.05, 3.63) is 86.9 Å². The normalized spacial score (nSPS) is 10.7. The zero-order valence-corrected chi connectivity index (χ0v) is 23.8. The van der Waals surface area contributed by atoms with Crippen LogP contribution in [0.3, 0.4) is 0 Å². The van der Waals surface area contributed by atoms with E-state index in [0.717, 1.165) is 40.7 Å². The monoisotopic (exact) mass is 599 g/mol. The fourth-order valence-electron chi connectivity index (χ4n) is 3.40. The molecule has 0 saturated heterocycles. The lowest BCUT2D eigenvalue weighted by atomic mass is 10.2. The molecule has 4 rings (SSSR count). The van der Waals surface area contributed by atoms with Crippen LogP contribution < -0.4 is 14.8 Å². The Morgan fingerprint density at radius 3 is 2.57 bits per heavy atom. The van der Waals surface area contributed by atoms with Crippen molar-refractivity contribution in [1.29, 1.82) is 0 Å². The number of hydrogen-bond acceptors (Lipinski definition) is 7. The Hall–Kier alpha value is -2.20. The highest BCUT2D eigenvalue weighted by atomic mass is 35.5. The Labute approximate surface area is 241 Å². The highest BCUT2D eigenvalue weighted by Gasteiger charge is 2.14. The molecule has 0 fully saturated rings. The van der Waals surface area contributed by atoms with Gasteiger partial charge in [0, 0.05) is 27.9 Å². The molecule has 196 valence electrons. The predicted molar refractivity (Wildman–Crippen MR) is 152 cm³/mol. The van der Waals surface area contributed by atoms with E-state index in [2.05, 4.69) is 20.8 Å². The molecule has 0 unspecified atom stereocenters. The Bertz CT molecular complexity index is 1290. The molecule has 0 spiro atoms. The fourth-order valence-corrected chi connectivity index (χ4v) is 4.98. The number of tetrazole rings is 1. The largest absolute Gasteiger partial charge is 0.493 e. The van der Waals surface area contributed by atoms with E-state index in [1.54, 1.807) is 35.7 Å². The van der Waals surface area contributed by atoms with E-state index < -0.39 is 0 Å². The number of rotatable bonds is 12. The Morgan fingerprint density at radius 2 is 1.81 bits per heavy atom. The van der Waals surface area contributed by atoms with Crippen LogP contribution in [0.5, 0.6) is 11.5 Å². The summed E-state index contributed by atoms with van der Waals surface area (Å²) in [7, 11) is 1.59. The molecule has 0 aliphatic carbocycles. The zero-order valence-electron chi connectivity index (χ0n) is 19.9. The smallest absolute Gasteiger partial charge is 0.214 e. The lowest BCUT2D eigenvalue weighted by Crippen LogP contribution is -2.15. The lowest BCUT2D eigenvalue weighted by Gasteiger charge is -2.15. The summed E-state index contributed by atoms with van der Waals surface area (Å²) in [6.07, 6.45) is 0.945. The summed E-state index contributed by atoms with van der Waals surface area (Å²) in [5.74, 6) is 1.92. The number of thioether (sulfide) groups is 1. The summed E-state index contributed by atoms with van der Waals surface area (Å²) >= 11 is 20.3. The first-order chi connectivity index (χ1) is 17.5. The van der Waals surface area contributed by atoms with E-state index in [4.69, 9.17) is 44.3 Å². The van der Waals surface area contributed by atoms with Crippen LogP contribution in [0, 0.1) is 0 Å². The van der Waals surface area contributed by atoms with E-state index in [1.807, 2.05) is 48.5 Å². The Morgan fingerprint density at radius 1 is 1.00 bits per heavy atom. The second-order valence-corrected chi connectivity index (χ2v) is 10.0. The molecule has 3 aromatic carbocycles. The van der Waals surface area contributed by atoms with E-state index >= 15 is 0 Å². The van der Waals surface area contributed by atoms with Gasteiger partial charge in [-0.1, -0.05) is 70.8 Å². The summed E-state index contributed by atoms with van der Waals surface area (Å²) in [5, 5.41) is 17.8. The number of ether oxygens (including phenoxy) is 2. The number of methoxy groups -OCH3 is 1. The molecule has 0 aliphatic rings. The molecule has 0 atom stereocenters. The maximum Gasteiger partial charge on any atom is 0.214 e. The SMILES string of the molecule is COc1cc(CNCCCSc2nnnn2-c2ccccc2)cc(Cl)c1OCc1ccc(Cl)cc1Cl.Cl. The first kappa shape index (κ1) is 29.4. The minimum Gasteiger partial charge on any atom is -0.493 e. The third kappa shape index (κ3) is 8.14. The molecule has 0 aliphatic heterocycles. The highest BCUT2D eigenvalue weighted by Crippen LogP contribution is 2.37. The van der Waals surface area contributed by atoms with Crippen LogP contribution in [0.4, 0.5) is 0 Å². The average Bonchev–Trinajstić information content (AvgIpc) is 3.35. The molecular formula is C25H25Cl4N5O2S. The van der Waals surface area contributed by atoms with Crippen molar-refractivity contribution in [1.82, 2.24) is 25.5 Å². The molecule has 1 N–H and O–H groups in total. The molecule has 0 radical (unpaired) electrons. The van der Waals surface area contributed by atoms with Crippen molar-refractivity contribution in [3.63, 3.8) is 0 Å². The number of aromatic nitrogens is 4. The molecule has 12 heteroatoms. The third-order valence-corrected chi connectivity index (χ3v) is 7.05. The van der Waals surface area contributed by atoms with E-state index in [9.17, 15) is 0 Å². The number of halogens is 4. The number of benzene rings is 3. The lowest BCUT2D eigenvalue weighted by molar-refractivity contribution is 0.284. The molecule has 0 saturated carbocycles. The predicted octanol–water partition coefficient (Wildman–Crippen LogP) is 6.90. The van der Waals surface area contributed by atoms with Crippen LogP contribution in [0.2, 0.25) is 15.1 Å². The van der Waals surface area contributed by atoms with Crippen molar-refractivity contribution in [2.24, 2.45) is 0 Å². The summed E-state index contributed by atoms with van der Waals surface area (Å²) in [6, 6.07) is 18.9. The van der Waals surface area contributed by atoms with Crippen LogP contribution in [-0.2, 0) is 13.2 Å². The molecular weight excluding hydrogens is 576 g/mol. The topological polar surface area (TPSA) is 74.1 Å². The molecule has 1 aromatic heterocycles. The van der Waals surface area contributed by atoms with Crippen molar-refractivity contribution >= 4 is 59.0 Å². The van der Waals surface area contributed by atoms with Gasteiger partial charge in [-0.2, -0.15) is 4.68 Å². The van der Waals surface area contributed by atoms with Gasteiger partial charge < -0.3 is 14.8 Å². The minimum absolute atomic E-state index is 0. The van der Waals surface area contributed by atoms with Crippen molar-refractivity contribution in [2.75, 3.05) is 19.4 Å². The molecule has 4 aromatic rings. The first-order valence-corrected chi connectivity index (χ1v) is 13.3. The molecule has 0 bridgehead atoms. The zero-order chi connectivity index (χ0) is 25.3. The third-order valence-electron chi connectivity index (χ3n) is 5.18. The number of hydrogen-bond donors (Lipinski definition) is 1. The van der Waals surface area contributed by atoms with E-state index in [0.29, 0.717) is 33.1 Å².